The number of amidine groups is 1. The zero-order valence-electron chi connectivity index (χ0n) is 26.1. The SMILES string of the molecule is CC(=N)NCC[C@@H]1CCC[C@@H](c2ccc(-n3cc4cc(-c5cc(CCCC(N)C6CC6)cc(Cl)c5F)[nH]c4nc3=O)cc2C)N1. The number of rotatable bonds is 11. The summed E-state index contributed by atoms with van der Waals surface area (Å²) < 4.78 is 16.8. The number of halogens is 2. The average molecular weight is 632 g/mol. The second kappa shape index (κ2) is 13.4. The maximum absolute atomic E-state index is 15.3. The third-order valence-electron chi connectivity index (χ3n) is 9.39. The van der Waals surface area contributed by atoms with Crippen molar-refractivity contribution < 1.29 is 4.39 Å². The number of aryl methyl sites for hydroxylation is 2. The minimum atomic E-state index is -0.497. The van der Waals surface area contributed by atoms with Gasteiger partial charge in [0.05, 0.1) is 22.2 Å². The Hall–Kier alpha value is -3.53. The second-order valence-electron chi connectivity index (χ2n) is 12.9. The van der Waals surface area contributed by atoms with Crippen LogP contribution in [0.25, 0.3) is 28.0 Å². The molecule has 8 nitrogen and oxygen atoms in total. The first kappa shape index (κ1) is 31.5. The summed E-state index contributed by atoms with van der Waals surface area (Å²) in [5.74, 6) is 0.654. The normalized spacial score (nSPS) is 19.1. The summed E-state index contributed by atoms with van der Waals surface area (Å²) in [6.07, 6.45) is 11.1. The van der Waals surface area contributed by atoms with Gasteiger partial charge < -0.3 is 21.4 Å². The molecule has 10 heteroatoms. The fraction of sp³-hybridized carbons (Fsp3) is 0.457. The van der Waals surface area contributed by atoms with E-state index in [2.05, 4.69) is 33.6 Å². The molecule has 2 fully saturated rings. The van der Waals surface area contributed by atoms with Gasteiger partial charge in [0.1, 0.15) is 5.65 Å². The summed E-state index contributed by atoms with van der Waals surface area (Å²) in [5, 5.41) is 15.3. The highest BCUT2D eigenvalue weighted by atomic mass is 35.5. The van der Waals surface area contributed by atoms with E-state index in [0.717, 1.165) is 68.3 Å². The van der Waals surface area contributed by atoms with E-state index in [1.165, 1.54) is 18.4 Å². The van der Waals surface area contributed by atoms with E-state index in [0.29, 0.717) is 40.1 Å². The molecule has 4 aromatic rings. The smallest absolute Gasteiger partial charge is 0.354 e. The molecule has 0 amide bonds. The van der Waals surface area contributed by atoms with Crippen LogP contribution in [0.1, 0.15) is 81.0 Å². The van der Waals surface area contributed by atoms with Crippen LogP contribution in [0.15, 0.2) is 47.4 Å². The van der Waals surface area contributed by atoms with E-state index >= 15 is 4.39 Å². The number of aromatic amines is 1. The Labute approximate surface area is 268 Å². The molecule has 2 aromatic carbocycles. The number of H-pyrrole nitrogens is 1. The summed E-state index contributed by atoms with van der Waals surface area (Å²) in [7, 11) is 0. The van der Waals surface area contributed by atoms with Crippen molar-refractivity contribution in [1.29, 1.82) is 5.41 Å². The lowest BCUT2D eigenvalue weighted by molar-refractivity contribution is 0.312. The largest absolute Gasteiger partial charge is 0.374 e. The summed E-state index contributed by atoms with van der Waals surface area (Å²) in [5.41, 5.74) is 11.2. The molecule has 1 saturated carbocycles. The minimum Gasteiger partial charge on any atom is -0.374 e. The zero-order chi connectivity index (χ0) is 31.7. The van der Waals surface area contributed by atoms with Crippen molar-refractivity contribution >= 4 is 28.5 Å². The number of fused-ring (bicyclic) bond motifs is 1. The fourth-order valence-electron chi connectivity index (χ4n) is 6.74. The van der Waals surface area contributed by atoms with Gasteiger partial charge in [0.15, 0.2) is 5.82 Å². The van der Waals surface area contributed by atoms with Crippen LogP contribution in [0.4, 0.5) is 4.39 Å². The minimum absolute atomic E-state index is 0.0765. The highest BCUT2D eigenvalue weighted by molar-refractivity contribution is 6.31. The molecule has 2 aromatic heterocycles. The molecular weight excluding hydrogens is 589 g/mol. The van der Waals surface area contributed by atoms with Gasteiger partial charge in [-0.25, -0.2) is 9.18 Å². The standard InChI is InChI=1S/C35H43ClFN7O/c1-20-15-26(11-12-27(20)31-8-4-6-25(41-31)13-14-40-21(2)38)44-19-24-18-32(42-34(24)43-35(44)45)28-16-22(17-29(36)33(28)37)5-3-7-30(39)23-9-10-23/h11-12,15-19,23,25,30-31,41H,3-10,13-14,39H2,1-2H3,(H2,38,40)(H,42,43,45)/t25-,30?,31-/m0/s1. The molecule has 1 aliphatic carbocycles. The molecule has 1 aliphatic heterocycles. The molecule has 0 spiro atoms. The van der Waals surface area contributed by atoms with Crippen molar-refractivity contribution in [1.82, 2.24) is 25.2 Å². The van der Waals surface area contributed by atoms with Gasteiger partial charge in [0.2, 0.25) is 0 Å². The Morgan fingerprint density at radius 3 is 2.80 bits per heavy atom. The van der Waals surface area contributed by atoms with E-state index in [9.17, 15) is 4.79 Å². The fourth-order valence-corrected chi connectivity index (χ4v) is 6.98. The quantitative estimate of drug-likeness (QED) is 0.0930. The van der Waals surface area contributed by atoms with Gasteiger partial charge in [-0.05, 0) is 118 Å². The first-order chi connectivity index (χ1) is 21.7. The molecule has 6 rings (SSSR count). The number of piperidine rings is 1. The third-order valence-corrected chi connectivity index (χ3v) is 9.66. The van der Waals surface area contributed by atoms with Crippen molar-refractivity contribution in [3.05, 3.63) is 80.6 Å². The van der Waals surface area contributed by atoms with Crippen molar-refractivity contribution in [2.45, 2.75) is 89.8 Å². The van der Waals surface area contributed by atoms with Crippen LogP contribution in [-0.4, -0.2) is 39.0 Å². The van der Waals surface area contributed by atoms with Gasteiger partial charge in [0.25, 0.3) is 0 Å². The lowest BCUT2D eigenvalue weighted by Gasteiger charge is -2.32. The molecular formula is C35H43ClFN7O. The summed E-state index contributed by atoms with van der Waals surface area (Å²) in [4.78, 5) is 20.6. The van der Waals surface area contributed by atoms with E-state index < -0.39 is 11.5 Å². The monoisotopic (exact) mass is 631 g/mol. The van der Waals surface area contributed by atoms with Gasteiger partial charge >= 0.3 is 5.69 Å². The van der Waals surface area contributed by atoms with Crippen LogP contribution in [0.5, 0.6) is 0 Å². The lowest BCUT2D eigenvalue weighted by Crippen LogP contribution is -2.39. The third kappa shape index (κ3) is 7.32. The maximum Gasteiger partial charge on any atom is 0.354 e. The lowest BCUT2D eigenvalue weighted by atomic mass is 9.90. The van der Waals surface area contributed by atoms with Crippen LogP contribution in [-0.2, 0) is 6.42 Å². The Balaban J connectivity index is 1.20. The van der Waals surface area contributed by atoms with E-state index in [4.69, 9.17) is 22.7 Å². The molecule has 238 valence electrons. The molecule has 2 aliphatic rings. The zero-order valence-corrected chi connectivity index (χ0v) is 26.8. The number of benzene rings is 2. The topological polar surface area (TPSA) is 125 Å². The van der Waals surface area contributed by atoms with Crippen LogP contribution in [0, 0.1) is 24.1 Å². The van der Waals surface area contributed by atoms with Gasteiger partial charge in [0, 0.05) is 41.8 Å². The average Bonchev–Trinajstić information content (AvgIpc) is 3.78. The van der Waals surface area contributed by atoms with Crippen LogP contribution in [0.2, 0.25) is 5.02 Å². The van der Waals surface area contributed by atoms with Gasteiger partial charge in [-0.15, -0.1) is 0 Å². The predicted octanol–water partition coefficient (Wildman–Crippen LogP) is 6.70. The number of hydrogen-bond acceptors (Lipinski definition) is 5. The van der Waals surface area contributed by atoms with Crippen molar-refractivity contribution in [2.24, 2.45) is 11.7 Å². The second-order valence-corrected chi connectivity index (χ2v) is 13.3. The Kier molecular flexibility index (Phi) is 9.40. The van der Waals surface area contributed by atoms with Crippen molar-refractivity contribution in [2.75, 3.05) is 6.54 Å². The molecule has 6 N–H and O–H groups in total. The number of nitrogens with one attached hydrogen (secondary N) is 4. The van der Waals surface area contributed by atoms with Gasteiger partial charge in [-0.1, -0.05) is 24.1 Å². The highest BCUT2D eigenvalue weighted by Crippen LogP contribution is 2.35. The highest BCUT2D eigenvalue weighted by Gasteiger charge is 2.28. The van der Waals surface area contributed by atoms with Crippen LogP contribution < -0.4 is 22.1 Å². The molecule has 0 bridgehead atoms. The van der Waals surface area contributed by atoms with Crippen LogP contribution in [0.3, 0.4) is 0 Å². The Morgan fingerprint density at radius 1 is 1.22 bits per heavy atom. The summed E-state index contributed by atoms with van der Waals surface area (Å²) in [6.45, 7) is 4.63. The first-order valence-electron chi connectivity index (χ1n) is 16.2. The van der Waals surface area contributed by atoms with Gasteiger partial charge in [-0.3, -0.25) is 9.98 Å². The van der Waals surface area contributed by atoms with Crippen molar-refractivity contribution in [3.8, 4) is 16.9 Å². The molecule has 3 heterocycles. The van der Waals surface area contributed by atoms with E-state index in [1.807, 2.05) is 24.3 Å². The van der Waals surface area contributed by atoms with E-state index in [-0.39, 0.29) is 17.1 Å². The Bertz CT molecular complexity index is 1760. The summed E-state index contributed by atoms with van der Waals surface area (Å²) in [6, 6.07) is 12.3. The molecule has 1 unspecified atom stereocenters. The molecule has 0 radical (unpaired) electrons. The number of aromatic nitrogens is 3. The van der Waals surface area contributed by atoms with E-state index in [1.54, 1.807) is 23.8 Å². The Morgan fingerprint density at radius 2 is 2.04 bits per heavy atom. The first-order valence-corrected chi connectivity index (χ1v) is 16.6. The number of nitrogens with zero attached hydrogens (tertiary/aromatic N) is 2. The summed E-state index contributed by atoms with van der Waals surface area (Å²) >= 11 is 6.33. The van der Waals surface area contributed by atoms with Crippen molar-refractivity contribution in [3.63, 3.8) is 0 Å². The molecule has 1 saturated heterocycles. The van der Waals surface area contributed by atoms with Gasteiger partial charge in [-0.2, -0.15) is 4.98 Å². The maximum atomic E-state index is 15.3. The molecule has 3 atom stereocenters. The number of hydrogen-bond donors (Lipinski definition) is 5. The molecule has 45 heavy (non-hydrogen) atoms. The van der Waals surface area contributed by atoms with Crippen LogP contribution >= 0.6 is 11.6 Å². The number of nitrogens with two attached hydrogens (primary N) is 1. The predicted molar refractivity (Wildman–Crippen MR) is 180 cm³/mol.